The van der Waals surface area contributed by atoms with Crippen molar-refractivity contribution in [1.82, 2.24) is 19.2 Å². The third-order valence-corrected chi connectivity index (χ3v) is 4.63. The molecule has 0 saturated carbocycles. The topological polar surface area (TPSA) is 78.5 Å². The molecular weight excluding hydrogens is 328 g/mol. The van der Waals surface area contributed by atoms with Gasteiger partial charge in [0.05, 0.1) is 18.0 Å². The monoisotopic (exact) mass is 344 g/mol. The number of nitrogens with zero attached hydrogens (tertiary/aromatic N) is 4. The van der Waals surface area contributed by atoms with Crippen LogP contribution < -0.4 is 5.56 Å². The Morgan fingerprint density at radius 2 is 2.17 bits per heavy atom. The number of aromatic nitrogens is 4. The van der Waals surface area contributed by atoms with Crippen LogP contribution in [0.2, 0.25) is 0 Å². The van der Waals surface area contributed by atoms with Crippen molar-refractivity contribution in [3.8, 4) is 0 Å². The first kappa shape index (κ1) is 16.3. The number of ether oxygens (including phenoxy) is 1. The summed E-state index contributed by atoms with van der Waals surface area (Å²) in [6.07, 6.45) is 1.63. The third kappa shape index (κ3) is 2.58. The molecular formula is C16H16N4O3S. The number of methoxy groups -OCH3 is 1. The maximum atomic E-state index is 12.7. The zero-order valence-electron chi connectivity index (χ0n) is 13.3. The van der Waals surface area contributed by atoms with Gasteiger partial charge < -0.3 is 4.74 Å². The molecule has 0 aliphatic rings. The lowest BCUT2D eigenvalue weighted by Crippen LogP contribution is -2.23. The summed E-state index contributed by atoms with van der Waals surface area (Å²) in [6.45, 7) is 5.75. The molecule has 0 saturated heterocycles. The SMILES string of the molecule is C=CCn1c(=O)c2ccccc2n2c(S[C@H](C)C(=O)OC)nnc12. The number of esters is 1. The van der Waals surface area contributed by atoms with Gasteiger partial charge in [-0.3, -0.25) is 18.6 Å². The molecule has 1 aromatic carbocycles. The number of hydrogen-bond acceptors (Lipinski definition) is 6. The lowest BCUT2D eigenvalue weighted by Gasteiger charge is -2.11. The first-order valence-electron chi connectivity index (χ1n) is 7.30. The highest BCUT2D eigenvalue weighted by molar-refractivity contribution is 8.00. The molecule has 0 aliphatic carbocycles. The van der Waals surface area contributed by atoms with Crippen LogP contribution in [-0.2, 0) is 16.1 Å². The number of thioether (sulfide) groups is 1. The number of fused-ring (bicyclic) bond motifs is 3. The van der Waals surface area contributed by atoms with E-state index in [-0.39, 0.29) is 11.5 Å². The Morgan fingerprint density at radius 3 is 2.88 bits per heavy atom. The summed E-state index contributed by atoms with van der Waals surface area (Å²) >= 11 is 1.23. The standard InChI is InChI=1S/C16H16N4O3S/c1-4-9-19-13(21)11-7-5-6-8-12(11)20-15(19)17-18-16(20)24-10(2)14(22)23-3/h4-8,10H,1,9H2,2-3H3/t10-/m1/s1. The van der Waals surface area contributed by atoms with E-state index in [0.717, 1.165) is 0 Å². The molecule has 124 valence electrons. The molecule has 0 N–H and O–H groups in total. The highest BCUT2D eigenvalue weighted by Crippen LogP contribution is 2.25. The first-order chi connectivity index (χ1) is 11.6. The quantitative estimate of drug-likeness (QED) is 0.399. The Labute approximate surface area is 141 Å². The zero-order valence-corrected chi connectivity index (χ0v) is 14.1. The van der Waals surface area contributed by atoms with Gasteiger partial charge in [0.1, 0.15) is 5.25 Å². The summed E-state index contributed by atoms with van der Waals surface area (Å²) in [4.78, 5) is 24.4. The van der Waals surface area contributed by atoms with Gasteiger partial charge in [-0.25, -0.2) is 0 Å². The van der Waals surface area contributed by atoms with E-state index in [1.54, 1.807) is 23.5 Å². The van der Waals surface area contributed by atoms with Crippen molar-refractivity contribution in [2.45, 2.75) is 23.9 Å². The van der Waals surface area contributed by atoms with Crippen molar-refractivity contribution >= 4 is 34.4 Å². The fourth-order valence-electron chi connectivity index (χ4n) is 2.48. The van der Waals surface area contributed by atoms with E-state index >= 15 is 0 Å². The average Bonchev–Trinajstić information content (AvgIpc) is 3.01. The van der Waals surface area contributed by atoms with Crippen LogP contribution in [0.3, 0.4) is 0 Å². The van der Waals surface area contributed by atoms with E-state index < -0.39 is 5.25 Å². The van der Waals surface area contributed by atoms with E-state index in [9.17, 15) is 9.59 Å². The summed E-state index contributed by atoms with van der Waals surface area (Å²) in [6, 6.07) is 7.24. The molecule has 7 nitrogen and oxygen atoms in total. The van der Waals surface area contributed by atoms with Crippen LogP contribution in [0.15, 0.2) is 46.9 Å². The fourth-order valence-corrected chi connectivity index (χ4v) is 3.36. The van der Waals surface area contributed by atoms with Crippen molar-refractivity contribution < 1.29 is 9.53 Å². The van der Waals surface area contributed by atoms with Crippen molar-refractivity contribution in [3.63, 3.8) is 0 Å². The largest absolute Gasteiger partial charge is 0.468 e. The molecule has 0 unspecified atom stereocenters. The highest BCUT2D eigenvalue weighted by atomic mass is 32.2. The van der Waals surface area contributed by atoms with E-state index in [1.807, 2.05) is 18.2 Å². The van der Waals surface area contributed by atoms with Crippen LogP contribution in [0, 0.1) is 0 Å². The number of carbonyl (C=O) groups is 1. The Hall–Kier alpha value is -2.61. The Bertz CT molecular complexity index is 992. The Balaban J connectivity index is 2.28. The van der Waals surface area contributed by atoms with Gasteiger partial charge in [-0.05, 0) is 19.1 Å². The molecule has 1 atom stereocenters. The highest BCUT2D eigenvalue weighted by Gasteiger charge is 2.21. The van der Waals surface area contributed by atoms with Crippen LogP contribution in [0.1, 0.15) is 6.92 Å². The fraction of sp³-hybridized carbons (Fsp3) is 0.250. The number of benzene rings is 1. The lowest BCUT2D eigenvalue weighted by atomic mass is 10.2. The molecule has 3 rings (SSSR count). The van der Waals surface area contributed by atoms with E-state index in [4.69, 9.17) is 4.74 Å². The van der Waals surface area contributed by atoms with Gasteiger partial charge in [0.15, 0.2) is 5.16 Å². The normalized spacial score (nSPS) is 12.4. The minimum absolute atomic E-state index is 0.150. The predicted octanol–water partition coefficient (Wildman–Crippen LogP) is 1.88. The summed E-state index contributed by atoms with van der Waals surface area (Å²) in [7, 11) is 1.35. The Morgan fingerprint density at radius 1 is 1.42 bits per heavy atom. The maximum Gasteiger partial charge on any atom is 0.318 e. The summed E-state index contributed by atoms with van der Waals surface area (Å²) < 4.78 is 8.05. The van der Waals surface area contributed by atoms with Crippen molar-refractivity contribution in [2.24, 2.45) is 0 Å². The number of rotatable bonds is 5. The van der Waals surface area contributed by atoms with E-state index in [2.05, 4.69) is 16.8 Å². The van der Waals surface area contributed by atoms with E-state index in [1.165, 1.54) is 23.4 Å². The summed E-state index contributed by atoms with van der Waals surface area (Å²) in [5, 5.41) is 8.94. The molecule has 0 fully saturated rings. The molecule has 0 aliphatic heterocycles. The summed E-state index contributed by atoms with van der Waals surface area (Å²) in [5.74, 6) is 0.0682. The van der Waals surface area contributed by atoms with Crippen molar-refractivity contribution in [2.75, 3.05) is 7.11 Å². The predicted molar refractivity (Wildman–Crippen MR) is 92.3 cm³/mol. The van der Waals surface area contributed by atoms with Crippen LogP contribution in [0.25, 0.3) is 16.7 Å². The zero-order chi connectivity index (χ0) is 17.3. The van der Waals surface area contributed by atoms with Crippen LogP contribution in [0.4, 0.5) is 0 Å². The second-order valence-electron chi connectivity index (χ2n) is 5.12. The third-order valence-electron chi connectivity index (χ3n) is 3.61. The van der Waals surface area contributed by atoms with Crippen LogP contribution in [0.5, 0.6) is 0 Å². The number of hydrogen-bond donors (Lipinski definition) is 0. The van der Waals surface area contributed by atoms with Crippen LogP contribution >= 0.6 is 11.8 Å². The smallest absolute Gasteiger partial charge is 0.318 e. The molecule has 24 heavy (non-hydrogen) atoms. The van der Waals surface area contributed by atoms with Gasteiger partial charge in [0.2, 0.25) is 5.78 Å². The summed E-state index contributed by atoms with van der Waals surface area (Å²) in [5.41, 5.74) is 0.547. The van der Waals surface area contributed by atoms with Gasteiger partial charge >= 0.3 is 5.97 Å². The molecule has 0 spiro atoms. The lowest BCUT2D eigenvalue weighted by molar-refractivity contribution is -0.139. The van der Waals surface area contributed by atoms with Crippen LogP contribution in [-0.4, -0.2) is 37.5 Å². The number of carbonyl (C=O) groups excluding carboxylic acids is 1. The molecule has 3 aromatic rings. The maximum absolute atomic E-state index is 12.7. The Kier molecular flexibility index (Phi) is 4.39. The average molecular weight is 344 g/mol. The molecule has 2 heterocycles. The van der Waals surface area contributed by atoms with Gasteiger partial charge in [0, 0.05) is 6.54 Å². The van der Waals surface area contributed by atoms with Crippen molar-refractivity contribution in [1.29, 1.82) is 0 Å². The molecule has 8 heteroatoms. The molecule has 2 aromatic heterocycles. The van der Waals surface area contributed by atoms with Gasteiger partial charge in [-0.15, -0.1) is 16.8 Å². The van der Waals surface area contributed by atoms with Crippen molar-refractivity contribution in [3.05, 3.63) is 47.3 Å². The van der Waals surface area contributed by atoms with E-state index in [0.29, 0.717) is 28.4 Å². The molecule has 0 amide bonds. The first-order valence-corrected chi connectivity index (χ1v) is 8.18. The van der Waals surface area contributed by atoms with Gasteiger partial charge in [-0.1, -0.05) is 30.0 Å². The van der Waals surface area contributed by atoms with Gasteiger partial charge in [-0.2, -0.15) is 0 Å². The number of para-hydroxylation sites is 1. The minimum atomic E-state index is -0.444. The van der Waals surface area contributed by atoms with Gasteiger partial charge in [0.25, 0.3) is 5.56 Å². The second kappa shape index (κ2) is 6.48. The molecule has 0 radical (unpaired) electrons. The number of allylic oxidation sites excluding steroid dienone is 1. The molecule has 0 bridgehead atoms. The minimum Gasteiger partial charge on any atom is -0.468 e. The second-order valence-corrected chi connectivity index (χ2v) is 6.43.